The highest BCUT2D eigenvalue weighted by Crippen LogP contribution is 2.38. The van der Waals surface area contributed by atoms with E-state index in [0.717, 1.165) is 5.56 Å². The molecule has 0 N–H and O–H groups in total. The van der Waals surface area contributed by atoms with Crippen molar-refractivity contribution in [3.63, 3.8) is 0 Å². The minimum atomic E-state index is -3.69. The number of carbonyl (C=O) groups is 2. The van der Waals surface area contributed by atoms with Gasteiger partial charge in [0.05, 0.1) is 13.7 Å². The first kappa shape index (κ1) is 26.1. The molecular weight excluding hydrogens is 485 g/mol. The summed E-state index contributed by atoms with van der Waals surface area (Å²) in [4.78, 5) is 27.5. The van der Waals surface area contributed by atoms with E-state index in [1.165, 1.54) is 24.4 Å². The number of hydrogen-bond acceptors (Lipinski definition) is 6. The van der Waals surface area contributed by atoms with Crippen LogP contribution in [0.15, 0.2) is 48.5 Å². The van der Waals surface area contributed by atoms with E-state index in [0.29, 0.717) is 31.6 Å². The van der Waals surface area contributed by atoms with Crippen LogP contribution < -0.4 is 4.90 Å². The van der Waals surface area contributed by atoms with E-state index in [2.05, 4.69) is 0 Å². The van der Waals surface area contributed by atoms with Crippen LogP contribution in [0.5, 0.6) is 0 Å². The predicted octanol–water partition coefficient (Wildman–Crippen LogP) is 3.09. The minimum Gasteiger partial charge on any atom is -0.467 e. The number of carbonyl (C=O) groups excluding carboxylic acids is 2. The summed E-state index contributed by atoms with van der Waals surface area (Å²) in [5.41, 5.74) is 1.48. The van der Waals surface area contributed by atoms with Crippen molar-refractivity contribution in [2.24, 2.45) is 0 Å². The summed E-state index contributed by atoms with van der Waals surface area (Å²) in [5, 5.41) is -0.657. The third kappa shape index (κ3) is 5.10. The van der Waals surface area contributed by atoms with Crippen LogP contribution in [0, 0.1) is 5.82 Å². The molecule has 1 amide bonds. The Morgan fingerprint density at radius 2 is 1.81 bits per heavy atom. The van der Waals surface area contributed by atoms with Gasteiger partial charge in [-0.15, -0.1) is 0 Å². The van der Waals surface area contributed by atoms with Gasteiger partial charge in [0.2, 0.25) is 15.9 Å². The number of nitrogens with zero attached hydrogens (tertiary/aromatic N) is 3. The van der Waals surface area contributed by atoms with Gasteiger partial charge in [0, 0.05) is 43.9 Å². The molecular formula is C26H32FN3O5S. The number of hydrogen-bond donors (Lipinski definition) is 0. The number of amides is 1. The number of methoxy groups -OCH3 is 1. The molecule has 36 heavy (non-hydrogen) atoms. The van der Waals surface area contributed by atoms with E-state index in [1.54, 1.807) is 21.9 Å². The van der Waals surface area contributed by atoms with Crippen LogP contribution in [0.2, 0.25) is 0 Å². The van der Waals surface area contributed by atoms with Gasteiger partial charge in [0.1, 0.15) is 17.1 Å². The highest BCUT2D eigenvalue weighted by Gasteiger charge is 2.41. The summed E-state index contributed by atoms with van der Waals surface area (Å²) in [5.74, 6) is -1.20. The Morgan fingerprint density at radius 1 is 1.08 bits per heavy atom. The van der Waals surface area contributed by atoms with Crippen molar-refractivity contribution in [3.05, 3.63) is 65.5 Å². The second-order valence-corrected chi connectivity index (χ2v) is 11.5. The van der Waals surface area contributed by atoms with Crippen LogP contribution in [-0.2, 0) is 30.9 Å². The minimum absolute atomic E-state index is 0.0719. The Bertz CT molecular complexity index is 1220. The van der Waals surface area contributed by atoms with Crippen LogP contribution in [0.4, 0.5) is 10.1 Å². The average Bonchev–Trinajstić information content (AvgIpc) is 2.86. The fraction of sp³-hybridized carbons (Fsp3) is 0.462. The van der Waals surface area contributed by atoms with Gasteiger partial charge >= 0.3 is 5.97 Å². The van der Waals surface area contributed by atoms with Gasteiger partial charge in [0.25, 0.3) is 0 Å². The van der Waals surface area contributed by atoms with Gasteiger partial charge in [-0.1, -0.05) is 36.4 Å². The largest absolute Gasteiger partial charge is 0.467 e. The van der Waals surface area contributed by atoms with E-state index < -0.39 is 33.1 Å². The van der Waals surface area contributed by atoms with Crippen molar-refractivity contribution in [1.82, 2.24) is 9.21 Å². The van der Waals surface area contributed by atoms with Gasteiger partial charge in [0.15, 0.2) is 0 Å². The molecule has 2 aromatic rings. The lowest BCUT2D eigenvalue weighted by molar-refractivity contribution is -0.144. The number of rotatable bonds is 5. The third-order valence-electron chi connectivity index (χ3n) is 7.19. The standard InChI is InChI=1S/C26H32FN3O5S/c1-18-9-12-25(20-7-5-4-6-8-20)36(33,34)30(18)16-21-10-11-22(15-23(21)27)29-14-13-28(19(2)31)17-24(29)26(32)35-3/h4-8,10-11,15,18,24-25H,9,12-14,16-17H2,1-3H3/t18-,24+,25?/m0/s1. The molecule has 2 saturated heterocycles. The highest BCUT2D eigenvalue weighted by atomic mass is 32.2. The monoisotopic (exact) mass is 517 g/mol. The number of benzene rings is 2. The van der Waals surface area contributed by atoms with Crippen molar-refractivity contribution in [3.8, 4) is 0 Å². The predicted molar refractivity (Wildman–Crippen MR) is 134 cm³/mol. The van der Waals surface area contributed by atoms with Gasteiger partial charge in [-0.05, 0) is 37.5 Å². The van der Waals surface area contributed by atoms with Crippen LogP contribution in [-0.4, -0.2) is 68.3 Å². The number of anilines is 1. The average molecular weight is 518 g/mol. The third-order valence-corrected chi connectivity index (χ3v) is 9.56. The summed E-state index contributed by atoms with van der Waals surface area (Å²) in [6.07, 6.45) is 1.20. The zero-order valence-corrected chi connectivity index (χ0v) is 21.6. The zero-order valence-electron chi connectivity index (χ0n) is 20.8. The Hall–Kier alpha value is -2.98. The topological polar surface area (TPSA) is 87.2 Å². The molecule has 3 atom stereocenters. The summed E-state index contributed by atoms with van der Waals surface area (Å²) in [6, 6.07) is 12.7. The number of halogens is 1. The van der Waals surface area contributed by atoms with Crippen molar-refractivity contribution >= 4 is 27.6 Å². The smallest absolute Gasteiger partial charge is 0.330 e. The number of ether oxygens (including phenoxy) is 1. The summed E-state index contributed by atoms with van der Waals surface area (Å²) >= 11 is 0. The summed E-state index contributed by atoms with van der Waals surface area (Å²) in [7, 11) is -2.41. The Labute approximate surface area is 211 Å². The molecule has 2 aliphatic rings. The van der Waals surface area contributed by atoms with Crippen molar-refractivity contribution in [1.29, 1.82) is 0 Å². The van der Waals surface area contributed by atoms with E-state index in [9.17, 15) is 18.0 Å². The van der Waals surface area contributed by atoms with Crippen LogP contribution >= 0.6 is 0 Å². The molecule has 2 fully saturated rings. The molecule has 2 heterocycles. The van der Waals surface area contributed by atoms with Gasteiger partial charge in [-0.3, -0.25) is 4.79 Å². The van der Waals surface area contributed by atoms with E-state index >= 15 is 4.39 Å². The molecule has 2 aliphatic heterocycles. The van der Waals surface area contributed by atoms with Crippen LogP contribution in [0.3, 0.4) is 0 Å². The maximum absolute atomic E-state index is 15.3. The first-order valence-corrected chi connectivity index (χ1v) is 13.6. The molecule has 2 aromatic carbocycles. The van der Waals surface area contributed by atoms with E-state index in [4.69, 9.17) is 4.74 Å². The van der Waals surface area contributed by atoms with Gasteiger partial charge < -0.3 is 14.5 Å². The second-order valence-electron chi connectivity index (χ2n) is 9.39. The second kappa shape index (κ2) is 10.6. The Morgan fingerprint density at radius 3 is 2.44 bits per heavy atom. The maximum Gasteiger partial charge on any atom is 0.330 e. The van der Waals surface area contributed by atoms with Gasteiger partial charge in [-0.25, -0.2) is 17.6 Å². The molecule has 0 aromatic heterocycles. The number of esters is 1. The normalized spacial score (nSPS) is 24.4. The van der Waals surface area contributed by atoms with Crippen molar-refractivity contribution in [2.45, 2.75) is 50.6 Å². The highest BCUT2D eigenvalue weighted by molar-refractivity contribution is 7.89. The van der Waals surface area contributed by atoms with Crippen molar-refractivity contribution in [2.75, 3.05) is 31.6 Å². The maximum atomic E-state index is 15.3. The molecule has 8 nitrogen and oxygen atoms in total. The fourth-order valence-corrected chi connectivity index (χ4v) is 7.27. The van der Waals surface area contributed by atoms with Crippen LogP contribution in [0.1, 0.15) is 43.1 Å². The summed E-state index contributed by atoms with van der Waals surface area (Å²) in [6.45, 7) is 4.11. The van der Waals surface area contributed by atoms with Crippen molar-refractivity contribution < 1.29 is 27.1 Å². The molecule has 0 aliphatic carbocycles. The molecule has 4 rings (SSSR count). The quantitative estimate of drug-likeness (QED) is 0.567. The fourth-order valence-electron chi connectivity index (χ4n) is 5.08. The zero-order chi connectivity index (χ0) is 26.0. The Balaban J connectivity index is 1.57. The number of piperazine rings is 1. The lowest BCUT2D eigenvalue weighted by Gasteiger charge is -2.41. The van der Waals surface area contributed by atoms with E-state index in [-0.39, 0.29) is 30.6 Å². The number of sulfonamides is 1. The Kier molecular flexibility index (Phi) is 7.65. The summed E-state index contributed by atoms with van der Waals surface area (Å²) < 4.78 is 48.7. The SMILES string of the molecule is COC(=O)[C@H]1CN(C(C)=O)CCN1c1ccc(CN2[C@@H](C)CCC(c3ccccc3)S2(=O)=O)c(F)c1. The molecule has 194 valence electrons. The van der Waals surface area contributed by atoms with E-state index in [1.807, 2.05) is 37.3 Å². The molecule has 0 saturated carbocycles. The molecule has 0 bridgehead atoms. The lowest BCUT2D eigenvalue weighted by atomic mass is 10.0. The molecule has 1 unspecified atom stereocenters. The first-order valence-electron chi connectivity index (χ1n) is 12.1. The first-order chi connectivity index (χ1) is 17.1. The lowest BCUT2D eigenvalue weighted by Crippen LogP contribution is -2.58. The molecule has 10 heteroatoms. The molecule has 0 radical (unpaired) electrons. The van der Waals surface area contributed by atoms with Gasteiger partial charge in [-0.2, -0.15) is 4.31 Å². The molecule has 0 spiro atoms. The van der Waals surface area contributed by atoms with Crippen LogP contribution in [0.25, 0.3) is 0 Å².